The smallest absolute Gasteiger partial charge is 0.236 e. The van der Waals surface area contributed by atoms with Gasteiger partial charge in [-0.1, -0.05) is 26.0 Å². The Balaban J connectivity index is 2.93. The van der Waals surface area contributed by atoms with Crippen LogP contribution < -0.4 is 15.8 Å². The molecule has 1 aromatic rings. The van der Waals surface area contributed by atoms with Crippen molar-refractivity contribution >= 4 is 5.91 Å². The molecule has 0 aromatic heterocycles. The number of methoxy groups -OCH3 is 1. The summed E-state index contributed by atoms with van der Waals surface area (Å²) in [6.07, 6.45) is 0. The van der Waals surface area contributed by atoms with Crippen LogP contribution >= 0.6 is 0 Å². The number of likely N-dealkylation sites (N-methyl/N-ethyl adjacent to an activating group) is 1. The van der Waals surface area contributed by atoms with E-state index in [1.54, 1.807) is 14.0 Å². The highest BCUT2D eigenvalue weighted by Crippen LogP contribution is 2.23. The lowest BCUT2D eigenvalue weighted by Gasteiger charge is -2.30. The molecule has 0 saturated heterocycles. The Hall–Kier alpha value is -1.59. The van der Waals surface area contributed by atoms with Crippen molar-refractivity contribution in [2.24, 2.45) is 5.73 Å². The highest BCUT2D eigenvalue weighted by Gasteiger charge is 2.20. The Labute approximate surface area is 127 Å². The second-order valence-corrected chi connectivity index (χ2v) is 5.05. The van der Waals surface area contributed by atoms with Crippen molar-refractivity contribution in [2.75, 3.05) is 26.7 Å². The number of carbonyl (C=O) groups is 1. The number of nitrogens with zero attached hydrogens (tertiary/aromatic N) is 1. The average Bonchev–Trinajstić information content (AvgIpc) is 2.51. The van der Waals surface area contributed by atoms with Crippen molar-refractivity contribution in [1.82, 2.24) is 10.2 Å². The molecule has 1 rings (SSSR count). The van der Waals surface area contributed by atoms with Crippen LogP contribution in [0.1, 0.15) is 32.4 Å². The van der Waals surface area contributed by atoms with Gasteiger partial charge in [0.05, 0.1) is 19.2 Å². The number of nitrogens with one attached hydrogen (secondary N) is 1. The number of hydrogen-bond donors (Lipinski definition) is 2. The molecule has 21 heavy (non-hydrogen) atoms. The summed E-state index contributed by atoms with van der Waals surface area (Å²) < 4.78 is 5.29. The third-order valence-electron chi connectivity index (χ3n) is 3.61. The molecule has 0 radical (unpaired) electrons. The van der Waals surface area contributed by atoms with Crippen LogP contribution in [0.25, 0.3) is 0 Å². The topological polar surface area (TPSA) is 67.6 Å². The maximum Gasteiger partial charge on any atom is 0.236 e. The summed E-state index contributed by atoms with van der Waals surface area (Å²) in [6.45, 7) is 8.27. The van der Waals surface area contributed by atoms with Crippen LogP contribution in [0, 0.1) is 0 Å². The van der Waals surface area contributed by atoms with Crippen LogP contribution in [0.4, 0.5) is 0 Å². The zero-order chi connectivity index (χ0) is 15.8. The lowest BCUT2D eigenvalue weighted by Crippen LogP contribution is -2.43. The van der Waals surface area contributed by atoms with Gasteiger partial charge in [0.1, 0.15) is 5.75 Å². The van der Waals surface area contributed by atoms with E-state index in [0.717, 1.165) is 24.4 Å². The average molecular weight is 293 g/mol. The van der Waals surface area contributed by atoms with Crippen molar-refractivity contribution in [2.45, 2.75) is 32.9 Å². The molecule has 0 saturated carbocycles. The van der Waals surface area contributed by atoms with Crippen molar-refractivity contribution in [3.63, 3.8) is 0 Å². The summed E-state index contributed by atoms with van der Waals surface area (Å²) in [6, 6.07) is 7.58. The second-order valence-electron chi connectivity index (χ2n) is 5.05. The van der Waals surface area contributed by atoms with Gasteiger partial charge >= 0.3 is 0 Å². The molecular weight excluding hydrogens is 266 g/mol. The minimum atomic E-state index is -0.493. The first kappa shape index (κ1) is 17.5. The molecule has 0 fully saturated rings. The fourth-order valence-electron chi connectivity index (χ4n) is 2.33. The van der Waals surface area contributed by atoms with E-state index in [9.17, 15) is 4.79 Å². The van der Waals surface area contributed by atoms with Gasteiger partial charge in [-0.25, -0.2) is 0 Å². The van der Waals surface area contributed by atoms with Gasteiger partial charge in [0.2, 0.25) is 5.91 Å². The standard InChI is InChI=1S/C16H27N3O2/c1-5-19(6-2)15(11-18-16(20)12(3)17)13-8-7-9-14(10-13)21-4/h7-10,12,15H,5-6,11,17H2,1-4H3,(H,18,20). The minimum Gasteiger partial charge on any atom is -0.497 e. The Morgan fingerprint density at radius 3 is 2.57 bits per heavy atom. The highest BCUT2D eigenvalue weighted by atomic mass is 16.5. The van der Waals surface area contributed by atoms with Crippen LogP contribution in [-0.4, -0.2) is 43.6 Å². The van der Waals surface area contributed by atoms with Gasteiger partial charge in [-0.3, -0.25) is 9.69 Å². The van der Waals surface area contributed by atoms with Crippen molar-refractivity contribution < 1.29 is 9.53 Å². The minimum absolute atomic E-state index is 0.109. The van der Waals surface area contributed by atoms with Crippen LogP contribution in [0.15, 0.2) is 24.3 Å². The molecule has 2 unspecified atom stereocenters. The number of benzene rings is 1. The third-order valence-corrected chi connectivity index (χ3v) is 3.61. The molecule has 5 heteroatoms. The van der Waals surface area contributed by atoms with Crippen molar-refractivity contribution in [1.29, 1.82) is 0 Å². The molecule has 0 spiro atoms. The maximum absolute atomic E-state index is 11.7. The van der Waals surface area contributed by atoms with Gasteiger partial charge in [-0.05, 0) is 37.7 Å². The predicted molar refractivity (Wildman–Crippen MR) is 85.3 cm³/mol. The molecule has 0 aliphatic rings. The Bertz CT molecular complexity index is 445. The van der Waals surface area contributed by atoms with E-state index in [1.165, 1.54) is 0 Å². The van der Waals surface area contributed by atoms with E-state index in [2.05, 4.69) is 30.1 Å². The van der Waals surface area contributed by atoms with Gasteiger partial charge in [-0.2, -0.15) is 0 Å². The quantitative estimate of drug-likeness (QED) is 0.763. The fraction of sp³-hybridized carbons (Fsp3) is 0.562. The van der Waals surface area contributed by atoms with Gasteiger partial charge in [0, 0.05) is 6.54 Å². The van der Waals surface area contributed by atoms with Crippen LogP contribution in [0.3, 0.4) is 0 Å². The first-order valence-corrected chi connectivity index (χ1v) is 7.44. The van der Waals surface area contributed by atoms with Gasteiger partial charge < -0.3 is 15.8 Å². The highest BCUT2D eigenvalue weighted by molar-refractivity contribution is 5.80. The summed E-state index contributed by atoms with van der Waals surface area (Å²) >= 11 is 0. The molecule has 5 nitrogen and oxygen atoms in total. The molecule has 1 aromatic carbocycles. The number of rotatable bonds is 8. The van der Waals surface area contributed by atoms with Crippen LogP contribution in [0.2, 0.25) is 0 Å². The SMILES string of the molecule is CCN(CC)C(CNC(=O)C(C)N)c1cccc(OC)c1. The maximum atomic E-state index is 11.7. The number of carbonyl (C=O) groups excluding carboxylic acids is 1. The van der Waals surface area contributed by atoms with Crippen LogP contribution in [-0.2, 0) is 4.79 Å². The largest absolute Gasteiger partial charge is 0.497 e. The molecule has 118 valence electrons. The summed E-state index contributed by atoms with van der Waals surface area (Å²) in [5, 5.41) is 2.92. The first-order valence-electron chi connectivity index (χ1n) is 7.44. The zero-order valence-electron chi connectivity index (χ0n) is 13.4. The lowest BCUT2D eigenvalue weighted by molar-refractivity contribution is -0.122. The molecule has 2 atom stereocenters. The van der Waals surface area contributed by atoms with E-state index in [1.807, 2.05) is 18.2 Å². The third kappa shape index (κ3) is 5.02. The lowest BCUT2D eigenvalue weighted by atomic mass is 10.0. The van der Waals surface area contributed by atoms with Gasteiger partial charge in [0.25, 0.3) is 0 Å². The molecular formula is C16H27N3O2. The number of ether oxygens (including phenoxy) is 1. The first-order chi connectivity index (χ1) is 10.0. The summed E-state index contributed by atoms with van der Waals surface area (Å²) in [5.41, 5.74) is 6.73. The Morgan fingerprint density at radius 1 is 1.38 bits per heavy atom. The molecule has 3 N–H and O–H groups in total. The number of amides is 1. The van der Waals surface area contributed by atoms with Gasteiger partial charge in [0.15, 0.2) is 0 Å². The molecule has 0 heterocycles. The van der Waals surface area contributed by atoms with E-state index in [4.69, 9.17) is 10.5 Å². The summed E-state index contributed by atoms with van der Waals surface area (Å²) in [7, 11) is 1.66. The summed E-state index contributed by atoms with van der Waals surface area (Å²) in [5.74, 6) is 0.693. The second kappa shape index (κ2) is 8.64. The predicted octanol–water partition coefficient (Wildman–Crippen LogP) is 1.54. The summed E-state index contributed by atoms with van der Waals surface area (Å²) in [4.78, 5) is 14.0. The van der Waals surface area contributed by atoms with Crippen LogP contribution in [0.5, 0.6) is 5.75 Å². The van der Waals surface area contributed by atoms with E-state index in [-0.39, 0.29) is 11.9 Å². The number of hydrogen-bond acceptors (Lipinski definition) is 4. The van der Waals surface area contributed by atoms with Gasteiger partial charge in [-0.15, -0.1) is 0 Å². The monoisotopic (exact) mass is 293 g/mol. The zero-order valence-corrected chi connectivity index (χ0v) is 13.4. The van der Waals surface area contributed by atoms with Crippen molar-refractivity contribution in [3.8, 4) is 5.75 Å². The Morgan fingerprint density at radius 2 is 2.05 bits per heavy atom. The number of nitrogens with two attached hydrogens (primary N) is 1. The molecule has 0 aliphatic carbocycles. The van der Waals surface area contributed by atoms with Crippen molar-refractivity contribution in [3.05, 3.63) is 29.8 Å². The van der Waals surface area contributed by atoms with E-state index >= 15 is 0 Å². The molecule has 1 amide bonds. The molecule has 0 aliphatic heterocycles. The van der Waals surface area contributed by atoms with E-state index in [0.29, 0.717) is 6.54 Å². The normalized spacial score (nSPS) is 13.8. The molecule has 0 bridgehead atoms. The van der Waals surface area contributed by atoms with E-state index < -0.39 is 6.04 Å². The Kier molecular flexibility index (Phi) is 7.19. The fourth-order valence-corrected chi connectivity index (χ4v) is 2.33.